The molecule has 6 heteroatoms. The molecule has 2 aromatic rings. The predicted octanol–water partition coefficient (Wildman–Crippen LogP) is 2.18. The molecule has 0 bridgehead atoms. The molecule has 5 nitrogen and oxygen atoms in total. The summed E-state index contributed by atoms with van der Waals surface area (Å²) in [5, 5.41) is 2.29. The minimum absolute atomic E-state index is 0.0154. The molecule has 0 radical (unpaired) electrons. The predicted molar refractivity (Wildman–Crippen MR) is 108 cm³/mol. The van der Waals surface area contributed by atoms with Gasteiger partial charge in [-0.25, -0.2) is 8.42 Å². The fourth-order valence-corrected chi connectivity index (χ4v) is 5.79. The van der Waals surface area contributed by atoms with Crippen molar-refractivity contribution in [2.45, 2.75) is 12.5 Å². The van der Waals surface area contributed by atoms with Crippen LogP contribution >= 0.6 is 0 Å². The van der Waals surface area contributed by atoms with E-state index in [2.05, 4.69) is 23.1 Å². The normalized spacial score (nSPS) is 23.3. The van der Waals surface area contributed by atoms with Crippen LogP contribution in [0.1, 0.15) is 12.0 Å². The number of rotatable bonds is 3. The highest BCUT2D eigenvalue weighted by Gasteiger charge is 2.34. The number of benzene rings is 2. The van der Waals surface area contributed by atoms with Gasteiger partial charge in [-0.05, 0) is 28.8 Å². The molecule has 2 aliphatic rings. The highest BCUT2D eigenvalue weighted by molar-refractivity contribution is 7.91. The van der Waals surface area contributed by atoms with Gasteiger partial charge in [0, 0.05) is 38.3 Å². The zero-order valence-electron chi connectivity index (χ0n) is 15.3. The van der Waals surface area contributed by atoms with E-state index in [-0.39, 0.29) is 17.7 Å². The lowest BCUT2D eigenvalue weighted by Gasteiger charge is -2.37. The molecule has 27 heavy (non-hydrogen) atoms. The molecule has 0 N–H and O–H groups in total. The van der Waals surface area contributed by atoms with E-state index in [4.69, 9.17) is 0 Å². The average molecular weight is 385 g/mol. The number of nitrogens with zero attached hydrogens (tertiary/aromatic N) is 2. The number of hydrogen-bond acceptors (Lipinski definition) is 4. The molecule has 0 spiro atoms. The second kappa shape index (κ2) is 7.44. The van der Waals surface area contributed by atoms with Crippen molar-refractivity contribution in [1.29, 1.82) is 0 Å². The molecule has 1 unspecified atom stereocenters. The first-order valence-corrected chi connectivity index (χ1v) is 11.2. The van der Waals surface area contributed by atoms with Gasteiger partial charge in [-0.15, -0.1) is 0 Å². The minimum Gasteiger partial charge on any atom is -0.337 e. The summed E-state index contributed by atoms with van der Waals surface area (Å²) in [6, 6.07) is 14.4. The number of sulfone groups is 1. The van der Waals surface area contributed by atoms with E-state index in [1.807, 2.05) is 35.2 Å². The molecule has 2 aliphatic heterocycles. The smallest absolute Gasteiger partial charge is 0.246 e. The van der Waals surface area contributed by atoms with E-state index in [0.29, 0.717) is 18.8 Å². The fourth-order valence-electron chi connectivity index (χ4n) is 4.03. The summed E-state index contributed by atoms with van der Waals surface area (Å²) in [5.41, 5.74) is 1.04. The van der Waals surface area contributed by atoms with Gasteiger partial charge in [-0.3, -0.25) is 9.69 Å². The summed E-state index contributed by atoms with van der Waals surface area (Å²) < 4.78 is 23.3. The Morgan fingerprint density at radius 1 is 1.00 bits per heavy atom. The third-order valence-electron chi connectivity index (χ3n) is 5.58. The van der Waals surface area contributed by atoms with E-state index in [0.717, 1.165) is 35.8 Å². The molecule has 2 fully saturated rings. The molecule has 4 rings (SSSR count). The first kappa shape index (κ1) is 18.2. The van der Waals surface area contributed by atoms with Crippen molar-refractivity contribution in [2.24, 2.45) is 0 Å². The number of amides is 1. The Hall–Kier alpha value is -2.18. The van der Waals surface area contributed by atoms with Crippen molar-refractivity contribution in [3.05, 3.63) is 54.1 Å². The van der Waals surface area contributed by atoms with E-state index < -0.39 is 9.84 Å². The lowest BCUT2D eigenvalue weighted by Crippen LogP contribution is -2.52. The summed E-state index contributed by atoms with van der Waals surface area (Å²) in [7, 11) is -2.87. The molecule has 142 valence electrons. The Balaban J connectivity index is 1.37. The van der Waals surface area contributed by atoms with Crippen LogP contribution in [-0.4, -0.2) is 67.9 Å². The van der Waals surface area contributed by atoms with Gasteiger partial charge in [0.05, 0.1) is 11.5 Å². The highest BCUT2D eigenvalue weighted by atomic mass is 32.2. The summed E-state index contributed by atoms with van der Waals surface area (Å²) >= 11 is 0. The van der Waals surface area contributed by atoms with Crippen LogP contribution in [0, 0.1) is 0 Å². The Bertz CT molecular complexity index is 971. The average Bonchev–Trinajstić information content (AvgIpc) is 3.06. The lowest BCUT2D eigenvalue weighted by molar-refractivity contribution is -0.127. The molecule has 0 saturated carbocycles. The van der Waals surface area contributed by atoms with Crippen molar-refractivity contribution in [3.63, 3.8) is 0 Å². The number of hydrogen-bond donors (Lipinski definition) is 0. The van der Waals surface area contributed by atoms with Gasteiger partial charge in [0.2, 0.25) is 5.91 Å². The number of carbonyl (C=O) groups excluding carboxylic acids is 1. The van der Waals surface area contributed by atoms with E-state index in [1.54, 1.807) is 6.08 Å². The third kappa shape index (κ3) is 4.06. The topological polar surface area (TPSA) is 57.7 Å². The molecule has 1 atom stereocenters. The number of piperazine rings is 1. The van der Waals surface area contributed by atoms with Crippen molar-refractivity contribution < 1.29 is 13.2 Å². The largest absolute Gasteiger partial charge is 0.337 e. The van der Waals surface area contributed by atoms with Crippen LogP contribution < -0.4 is 0 Å². The van der Waals surface area contributed by atoms with Crippen LogP contribution in [0.5, 0.6) is 0 Å². The maximum atomic E-state index is 12.6. The van der Waals surface area contributed by atoms with Crippen LogP contribution in [0.3, 0.4) is 0 Å². The quantitative estimate of drug-likeness (QED) is 0.761. The minimum atomic E-state index is -2.87. The molecule has 2 saturated heterocycles. The monoisotopic (exact) mass is 384 g/mol. The first-order valence-electron chi connectivity index (χ1n) is 9.41. The van der Waals surface area contributed by atoms with Gasteiger partial charge in [0.1, 0.15) is 0 Å². The molecule has 0 aliphatic carbocycles. The van der Waals surface area contributed by atoms with E-state index in [9.17, 15) is 13.2 Å². The highest BCUT2D eigenvalue weighted by Crippen LogP contribution is 2.21. The lowest BCUT2D eigenvalue weighted by atomic mass is 10.0. The Morgan fingerprint density at radius 2 is 1.74 bits per heavy atom. The Kier molecular flexibility index (Phi) is 5.02. The van der Waals surface area contributed by atoms with Gasteiger partial charge >= 0.3 is 0 Å². The summed E-state index contributed by atoms with van der Waals surface area (Å²) in [5.74, 6) is 0.577. The number of carbonyl (C=O) groups is 1. The van der Waals surface area contributed by atoms with Gasteiger partial charge in [0.15, 0.2) is 9.84 Å². The molecular formula is C21H24N2O3S. The van der Waals surface area contributed by atoms with Gasteiger partial charge < -0.3 is 4.90 Å². The second-order valence-electron chi connectivity index (χ2n) is 7.32. The maximum absolute atomic E-state index is 12.6. The van der Waals surface area contributed by atoms with Crippen LogP contribution in [-0.2, 0) is 14.6 Å². The number of fused-ring (bicyclic) bond motifs is 1. The van der Waals surface area contributed by atoms with Crippen molar-refractivity contribution in [2.75, 3.05) is 37.7 Å². The van der Waals surface area contributed by atoms with Crippen LogP contribution in [0.4, 0.5) is 0 Å². The molecule has 1 amide bonds. The Morgan fingerprint density at radius 3 is 2.48 bits per heavy atom. The summed E-state index contributed by atoms with van der Waals surface area (Å²) in [6.45, 7) is 2.78. The second-order valence-corrected chi connectivity index (χ2v) is 9.55. The van der Waals surface area contributed by atoms with Gasteiger partial charge in [-0.1, -0.05) is 42.5 Å². The maximum Gasteiger partial charge on any atom is 0.246 e. The SMILES string of the molecule is O=C(/C=C/c1cccc2ccccc12)N1CCN(C2CCS(=O)(=O)C2)CC1. The van der Waals surface area contributed by atoms with Crippen molar-refractivity contribution in [3.8, 4) is 0 Å². The molecule has 0 aromatic heterocycles. The summed E-state index contributed by atoms with van der Waals surface area (Å²) in [6.07, 6.45) is 4.26. The zero-order chi connectivity index (χ0) is 18.9. The van der Waals surface area contributed by atoms with Crippen LogP contribution in [0.2, 0.25) is 0 Å². The van der Waals surface area contributed by atoms with Crippen molar-refractivity contribution >= 4 is 32.6 Å². The fraction of sp³-hybridized carbons (Fsp3) is 0.381. The summed E-state index contributed by atoms with van der Waals surface area (Å²) in [4.78, 5) is 16.6. The van der Waals surface area contributed by atoms with Crippen molar-refractivity contribution in [1.82, 2.24) is 9.80 Å². The Labute approximate surface area is 160 Å². The molecular weight excluding hydrogens is 360 g/mol. The van der Waals surface area contributed by atoms with Crippen LogP contribution in [0.25, 0.3) is 16.8 Å². The zero-order valence-corrected chi connectivity index (χ0v) is 16.1. The third-order valence-corrected chi connectivity index (χ3v) is 7.33. The van der Waals surface area contributed by atoms with Crippen LogP contribution in [0.15, 0.2) is 48.5 Å². The first-order chi connectivity index (χ1) is 13.0. The van der Waals surface area contributed by atoms with E-state index >= 15 is 0 Å². The standard InChI is InChI=1S/C21H24N2O3S/c24-21(9-8-18-6-3-5-17-4-1-2-7-20(17)18)23-13-11-22(12-14-23)19-10-15-27(25,26)16-19/h1-9,19H,10-16H2/b9-8+. The van der Waals surface area contributed by atoms with Gasteiger partial charge in [-0.2, -0.15) is 0 Å². The van der Waals surface area contributed by atoms with Gasteiger partial charge in [0.25, 0.3) is 0 Å². The van der Waals surface area contributed by atoms with E-state index in [1.165, 1.54) is 0 Å². The molecule has 2 heterocycles. The molecule has 2 aromatic carbocycles.